The molecule has 1 aliphatic carbocycles. The molecule has 37 heavy (non-hydrogen) atoms. The Bertz CT molecular complexity index is 1200. The average molecular weight is 491 g/mol. The quantitative estimate of drug-likeness (QED) is 0.299. The van der Waals surface area contributed by atoms with Gasteiger partial charge in [0.2, 0.25) is 0 Å². The number of ketones is 1. The third-order valence-corrected chi connectivity index (χ3v) is 6.64. The van der Waals surface area contributed by atoms with Gasteiger partial charge in [-0.05, 0) is 58.1 Å². The summed E-state index contributed by atoms with van der Waals surface area (Å²) in [5, 5.41) is 2.09. The van der Waals surface area contributed by atoms with Crippen LogP contribution in [0.5, 0.6) is 0 Å². The second kappa shape index (κ2) is 12.3. The van der Waals surface area contributed by atoms with Crippen LogP contribution in [0, 0.1) is 6.92 Å². The molecule has 0 bridgehead atoms. The van der Waals surface area contributed by atoms with E-state index in [0.29, 0.717) is 13.0 Å². The van der Waals surface area contributed by atoms with Gasteiger partial charge in [-0.3, -0.25) is 9.59 Å². The predicted octanol–water partition coefficient (Wildman–Crippen LogP) is 6.25. The van der Waals surface area contributed by atoms with Crippen molar-refractivity contribution >= 4 is 33.1 Å². The van der Waals surface area contributed by atoms with Gasteiger partial charge >= 0.3 is 5.97 Å². The summed E-state index contributed by atoms with van der Waals surface area (Å²) in [7, 11) is 11.5. The summed E-state index contributed by atoms with van der Waals surface area (Å²) < 4.78 is 5.20. The molecule has 0 amide bonds. The summed E-state index contributed by atoms with van der Waals surface area (Å²) in [5.41, 5.74) is 7.95. The zero-order valence-corrected chi connectivity index (χ0v) is 22.5. The number of esters is 1. The normalized spacial score (nSPS) is 13.0. The van der Waals surface area contributed by atoms with Gasteiger partial charge in [0, 0.05) is 30.9 Å². The molecular formula is C31H35B2NO3. The summed E-state index contributed by atoms with van der Waals surface area (Å²) in [6.45, 7) is 9.53. The molecule has 3 aromatic rings. The maximum absolute atomic E-state index is 12.0. The van der Waals surface area contributed by atoms with E-state index in [1.807, 2.05) is 63.2 Å². The molecule has 0 saturated heterocycles. The number of hydrogen-bond acceptors (Lipinski definition) is 4. The highest BCUT2D eigenvalue weighted by Gasteiger charge is 2.28. The highest BCUT2D eigenvalue weighted by atomic mass is 16.5. The van der Waals surface area contributed by atoms with Crippen LogP contribution in [0.4, 0.5) is 5.69 Å². The molecule has 4 radical (unpaired) electrons. The Hall–Kier alpha value is -3.27. The fourth-order valence-electron chi connectivity index (χ4n) is 4.82. The lowest BCUT2D eigenvalue weighted by Crippen LogP contribution is -2.35. The second-order valence-electron chi connectivity index (χ2n) is 9.90. The van der Waals surface area contributed by atoms with Crippen molar-refractivity contribution in [1.29, 1.82) is 0 Å². The highest BCUT2D eigenvalue weighted by molar-refractivity contribution is 6.41. The fourth-order valence-corrected chi connectivity index (χ4v) is 4.82. The zero-order valence-electron chi connectivity index (χ0n) is 22.5. The molecule has 0 saturated carbocycles. The van der Waals surface area contributed by atoms with E-state index in [0.717, 1.165) is 23.2 Å². The largest absolute Gasteiger partial charge is 0.465 e. The molecule has 4 nitrogen and oxygen atoms in total. The number of anilines is 1. The van der Waals surface area contributed by atoms with Crippen molar-refractivity contribution < 1.29 is 14.3 Å². The standard InChI is InChI=1S/C16H14O2.C15H21B2NO/c1-11(17)18-10-16-14-8-4-2-6-12(14)13-7-3-5-9-15(13)16;1-5-7-14(19)11(3)12-8-6-9-13(10(12)2)18-15(4,16)17/h2-9,16H,10H2,1H3;6,8-9,11,18H,5,7H2,1-4H3. The van der Waals surface area contributed by atoms with E-state index in [9.17, 15) is 9.59 Å². The summed E-state index contributed by atoms with van der Waals surface area (Å²) >= 11 is 0. The molecule has 6 heteroatoms. The van der Waals surface area contributed by atoms with Crippen LogP contribution in [-0.4, -0.2) is 39.4 Å². The lowest BCUT2D eigenvalue weighted by atomic mass is 9.63. The Kier molecular flexibility index (Phi) is 9.42. The van der Waals surface area contributed by atoms with Crippen LogP contribution >= 0.6 is 0 Å². The van der Waals surface area contributed by atoms with E-state index in [1.54, 1.807) is 6.92 Å². The summed E-state index contributed by atoms with van der Waals surface area (Å²) in [4.78, 5) is 23.0. The molecule has 1 aliphatic rings. The predicted molar refractivity (Wildman–Crippen MR) is 153 cm³/mol. The molecule has 1 atom stereocenters. The zero-order chi connectivity index (χ0) is 27.2. The summed E-state index contributed by atoms with van der Waals surface area (Å²) in [6, 6.07) is 22.5. The van der Waals surface area contributed by atoms with Gasteiger partial charge in [-0.2, -0.15) is 0 Å². The Balaban J connectivity index is 0.000000206. The van der Waals surface area contributed by atoms with Crippen molar-refractivity contribution in [3.63, 3.8) is 0 Å². The highest BCUT2D eigenvalue weighted by Crippen LogP contribution is 2.44. The van der Waals surface area contributed by atoms with Gasteiger partial charge in [-0.1, -0.05) is 81.4 Å². The van der Waals surface area contributed by atoms with Crippen molar-refractivity contribution in [2.24, 2.45) is 0 Å². The molecule has 0 spiro atoms. The van der Waals surface area contributed by atoms with Crippen molar-refractivity contribution in [1.82, 2.24) is 0 Å². The first-order valence-electron chi connectivity index (χ1n) is 12.8. The first-order valence-corrected chi connectivity index (χ1v) is 12.8. The molecule has 3 aromatic carbocycles. The minimum Gasteiger partial charge on any atom is -0.465 e. The van der Waals surface area contributed by atoms with E-state index in [2.05, 4.69) is 29.6 Å². The van der Waals surface area contributed by atoms with Crippen molar-refractivity contribution in [2.45, 2.75) is 64.6 Å². The minimum atomic E-state index is -0.972. The SMILES string of the molecule is CC(=O)OCC1c2ccccc2-c2ccccc21.[B]C([B])(C)Nc1cccc(C(C)C(=O)CCC)c1C. The molecule has 0 aromatic heterocycles. The third kappa shape index (κ3) is 7.15. The number of ether oxygens (including phenoxy) is 1. The first kappa shape index (κ1) is 28.3. The molecule has 0 aliphatic heterocycles. The minimum absolute atomic E-state index is 0.0940. The van der Waals surface area contributed by atoms with Crippen molar-refractivity contribution in [3.8, 4) is 11.1 Å². The number of fused-ring (bicyclic) bond motifs is 3. The van der Waals surface area contributed by atoms with Gasteiger partial charge in [0.25, 0.3) is 0 Å². The smallest absolute Gasteiger partial charge is 0.302 e. The topological polar surface area (TPSA) is 55.4 Å². The molecule has 1 unspecified atom stereocenters. The van der Waals surface area contributed by atoms with Crippen LogP contribution in [0.2, 0.25) is 0 Å². The van der Waals surface area contributed by atoms with Gasteiger partial charge in [-0.15, -0.1) is 0 Å². The maximum Gasteiger partial charge on any atom is 0.302 e. The molecule has 0 fully saturated rings. The van der Waals surface area contributed by atoms with Crippen LogP contribution in [0.1, 0.15) is 74.6 Å². The Morgan fingerprint density at radius 2 is 1.54 bits per heavy atom. The second-order valence-corrected chi connectivity index (χ2v) is 9.90. The van der Waals surface area contributed by atoms with Crippen LogP contribution in [0.3, 0.4) is 0 Å². The summed E-state index contributed by atoms with van der Waals surface area (Å²) in [5.74, 6) is 0.118. The Morgan fingerprint density at radius 3 is 2.05 bits per heavy atom. The maximum atomic E-state index is 12.0. The number of benzene rings is 3. The number of nitrogens with one attached hydrogen (secondary N) is 1. The van der Waals surface area contributed by atoms with E-state index >= 15 is 0 Å². The van der Waals surface area contributed by atoms with E-state index in [-0.39, 0.29) is 23.6 Å². The molecule has 1 N–H and O–H groups in total. The van der Waals surface area contributed by atoms with Crippen LogP contribution in [0.25, 0.3) is 11.1 Å². The third-order valence-electron chi connectivity index (χ3n) is 6.64. The number of Topliss-reactive ketones (excluding diaryl/α,β-unsaturated/α-hetero) is 1. The van der Waals surface area contributed by atoms with Crippen LogP contribution < -0.4 is 5.32 Å². The Morgan fingerprint density at radius 1 is 0.973 bits per heavy atom. The summed E-state index contributed by atoms with van der Waals surface area (Å²) in [6.07, 6.45) is 1.49. The van der Waals surface area contributed by atoms with Crippen LogP contribution in [-0.2, 0) is 14.3 Å². The number of carbonyl (C=O) groups excluding carboxylic acids is 2. The lowest BCUT2D eigenvalue weighted by molar-refractivity contribution is -0.141. The number of carbonyl (C=O) groups is 2. The van der Waals surface area contributed by atoms with Crippen molar-refractivity contribution in [3.05, 3.63) is 89.0 Å². The van der Waals surface area contributed by atoms with E-state index in [4.69, 9.17) is 20.4 Å². The van der Waals surface area contributed by atoms with Crippen LogP contribution in [0.15, 0.2) is 66.7 Å². The molecule has 188 valence electrons. The fraction of sp³-hybridized carbons (Fsp3) is 0.355. The van der Waals surface area contributed by atoms with Gasteiger partial charge in [0.05, 0.1) is 15.7 Å². The monoisotopic (exact) mass is 491 g/mol. The molecule has 0 heterocycles. The van der Waals surface area contributed by atoms with Gasteiger partial charge in [-0.25, -0.2) is 0 Å². The molecule has 4 rings (SSSR count). The number of rotatable bonds is 8. The number of hydrogen-bond donors (Lipinski definition) is 1. The Labute approximate surface area is 224 Å². The molecular weight excluding hydrogens is 456 g/mol. The van der Waals surface area contributed by atoms with Gasteiger partial charge in [0.15, 0.2) is 0 Å². The van der Waals surface area contributed by atoms with E-state index in [1.165, 1.54) is 29.2 Å². The van der Waals surface area contributed by atoms with E-state index < -0.39 is 5.34 Å². The van der Waals surface area contributed by atoms with Gasteiger partial charge in [0.1, 0.15) is 12.4 Å². The average Bonchev–Trinajstić information content (AvgIpc) is 3.17. The van der Waals surface area contributed by atoms with Crippen molar-refractivity contribution in [2.75, 3.05) is 11.9 Å². The lowest BCUT2D eigenvalue weighted by Gasteiger charge is -2.26. The van der Waals surface area contributed by atoms with Gasteiger partial charge < -0.3 is 10.1 Å². The first-order chi connectivity index (χ1) is 17.5.